The zero-order valence-electron chi connectivity index (χ0n) is 12.5. The van der Waals surface area contributed by atoms with Crippen LogP contribution < -0.4 is 10.6 Å². The number of rotatable bonds is 2. The van der Waals surface area contributed by atoms with Gasteiger partial charge in [0.2, 0.25) is 0 Å². The maximum atomic E-state index is 12.7. The lowest BCUT2D eigenvalue weighted by Crippen LogP contribution is -2.31. The van der Waals surface area contributed by atoms with Crippen LogP contribution in [0.2, 0.25) is 0 Å². The molecule has 12 heteroatoms. The van der Waals surface area contributed by atoms with Crippen LogP contribution in [-0.2, 0) is 9.13 Å². The lowest BCUT2D eigenvalue weighted by Gasteiger charge is -2.23. The van der Waals surface area contributed by atoms with Gasteiger partial charge in [0.25, 0.3) is 0 Å². The second-order valence-corrected chi connectivity index (χ2v) is 8.60. The van der Waals surface area contributed by atoms with Crippen LogP contribution in [0, 0.1) is 0 Å². The number of aromatic hydroxyl groups is 2. The highest BCUT2D eigenvalue weighted by Crippen LogP contribution is 2.46. The molecule has 26 heavy (non-hydrogen) atoms. The molecule has 0 spiro atoms. The van der Waals surface area contributed by atoms with Crippen LogP contribution in [0.4, 0.5) is 0 Å². The molecule has 0 amide bonds. The summed E-state index contributed by atoms with van der Waals surface area (Å²) in [5.41, 5.74) is -2.11. The molecule has 0 atom stereocenters. The van der Waals surface area contributed by atoms with Gasteiger partial charge < -0.3 is 29.8 Å². The summed E-state index contributed by atoms with van der Waals surface area (Å²) in [5.74, 6) is -3.85. The molecular weight excluding hydrogens is 390 g/mol. The Kier molecular flexibility index (Phi) is 3.97. The molecule has 0 fully saturated rings. The van der Waals surface area contributed by atoms with Gasteiger partial charge in [0.05, 0.1) is 5.56 Å². The third-order valence-corrected chi connectivity index (χ3v) is 5.81. The van der Waals surface area contributed by atoms with Crippen molar-refractivity contribution >= 4 is 37.4 Å². The lowest BCUT2D eigenvalue weighted by atomic mass is 9.83. The van der Waals surface area contributed by atoms with E-state index in [1.165, 1.54) is 0 Å². The molecule has 2 aromatic rings. The summed E-state index contributed by atoms with van der Waals surface area (Å²) in [5, 5.41) is 17.0. The van der Waals surface area contributed by atoms with Crippen molar-refractivity contribution in [3.8, 4) is 11.5 Å². The van der Waals surface area contributed by atoms with Crippen LogP contribution in [0.25, 0.3) is 0 Å². The van der Waals surface area contributed by atoms with Crippen molar-refractivity contribution in [1.82, 2.24) is 0 Å². The van der Waals surface area contributed by atoms with E-state index < -0.39 is 54.2 Å². The van der Waals surface area contributed by atoms with Crippen molar-refractivity contribution in [1.29, 1.82) is 0 Å². The smallest absolute Gasteiger partial charge is 0.360 e. The Morgan fingerprint density at radius 1 is 0.731 bits per heavy atom. The average Bonchev–Trinajstić information content (AvgIpc) is 2.49. The van der Waals surface area contributed by atoms with Crippen LogP contribution >= 0.6 is 15.2 Å². The van der Waals surface area contributed by atoms with Gasteiger partial charge in [-0.15, -0.1) is 0 Å². The van der Waals surface area contributed by atoms with Crippen LogP contribution in [-0.4, -0.2) is 41.4 Å². The number of hydrogen-bond acceptors (Lipinski definition) is 6. The first-order valence-electron chi connectivity index (χ1n) is 6.78. The third kappa shape index (κ3) is 2.69. The number of fused-ring (bicyclic) bond motifs is 2. The van der Waals surface area contributed by atoms with Gasteiger partial charge in [0.1, 0.15) is 22.1 Å². The molecule has 0 unspecified atom stereocenters. The summed E-state index contributed by atoms with van der Waals surface area (Å²) in [7, 11) is -10.7. The Morgan fingerprint density at radius 3 is 1.88 bits per heavy atom. The number of carbonyl (C=O) groups excluding carboxylic acids is 2. The SMILES string of the molecule is O=C1c2cc(O)ccc2C(=O)c2c1cc(P(=O)(O)O)c(O)c2P(=O)(O)O. The van der Waals surface area contributed by atoms with Crippen LogP contribution in [0.5, 0.6) is 11.5 Å². The average molecular weight is 400 g/mol. The first-order valence-corrected chi connectivity index (χ1v) is 10.0. The normalized spacial score (nSPS) is 14.2. The molecular formula is C14H10O10P2. The minimum absolute atomic E-state index is 0.279. The van der Waals surface area contributed by atoms with Crippen LogP contribution in [0.15, 0.2) is 24.3 Å². The fourth-order valence-corrected chi connectivity index (χ4v) is 4.44. The Morgan fingerprint density at radius 2 is 1.35 bits per heavy atom. The standard InChI is InChI=1S/C14H10O10P2/c15-5-1-2-6-7(3-5)11(16)8-4-9(25(19,20)21)13(18)14(26(22,23)24)10(8)12(6)17/h1-4,15,18H,(H2,19,20,21)(H2,22,23,24). The Bertz CT molecular complexity index is 1090. The molecule has 0 aromatic heterocycles. The fourth-order valence-electron chi connectivity index (χ4n) is 2.76. The third-order valence-electron chi connectivity index (χ3n) is 3.82. The van der Waals surface area contributed by atoms with E-state index in [0.29, 0.717) is 6.07 Å². The molecule has 3 rings (SSSR count). The Labute approximate surface area is 144 Å². The molecule has 0 aliphatic heterocycles. The van der Waals surface area contributed by atoms with Gasteiger partial charge in [-0.05, 0) is 24.3 Å². The van der Waals surface area contributed by atoms with Gasteiger partial charge in [-0.3, -0.25) is 18.7 Å². The number of phenolic OH excluding ortho intramolecular Hbond substituents is 2. The number of benzene rings is 2. The molecule has 10 nitrogen and oxygen atoms in total. The molecule has 136 valence electrons. The monoisotopic (exact) mass is 400 g/mol. The highest BCUT2D eigenvalue weighted by molar-refractivity contribution is 7.62. The highest BCUT2D eigenvalue weighted by atomic mass is 31.2. The van der Waals surface area contributed by atoms with Crippen molar-refractivity contribution in [3.63, 3.8) is 0 Å². The van der Waals surface area contributed by atoms with E-state index in [2.05, 4.69) is 0 Å². The maximum Gasteiger partial charge on any atom is 0.360 e. The summed E-state index contributed by atoms with van der Waals surface area (Å²) < 4.78 is 23.4. The molecule has 1 aliphatic carbocycles. The fraction of sp³-hybridized carbons (Fsp3) is 0. The predicted octanol–water partition coefficient (Wildman–Crippen LogP) is -0.521. The second-order valence-electron chi connectivity index (χ2n) is 5.49. The van der Waals surface area contributed by atoms with Crippen molar-refractivity contribution in [2.24, 2.45) is 0 Å². The largest absolute Gasteiger partial charge is 0.508 e. The van der Waals surface area contributed by atoms with Gasteiger partial charge in [-0.25, -0.2) is 0 Å². The van der Waals surface area contributed by atoms with E-state index in [9.17, 15) is 48.5 Å². The maximum absolute atomic E-state index is 12.7. The van der Waals surface area contributed by atoms with Gasteiger partial charge in [-0.1, -0.05) is 0 Å². The number of carbonyl (C=O) groups is 2. The summed E-state index contributed by atoms with van der Waals surface area (Å²) in [6.07, 6.45) is 0. The number of phenols is 2. The van der Waals surface area contributed by atoms with Crippen molar-refractivity contribution < 1.29 is 48.5 Å². The highest BCUT2D eigenvalue weighted by Gasteiger charge is 2.42. The summed E-state index contributed by atoms with van der Waals surface area (Å²) in [6.45, 7) is 0. The summed E-state index contributed by atoms with van der Waals surface area (Å²) in [6, 6.07) is 3.61. The van der Waals surface area contributed by atoms with Gasteiger partial charge in [0.15, 0.2) is 11.6 Å². The quantitative estimate of drug-likeness (QED) is 0.305. The van der Waals surface area contributed by atoms with E-state index in [4.69, 9.17) is 0 Å². The first kappa shape index (κ1) is 18.5. The molecule has 0 saturated carbocycles. The van der Waals surface area contributed by atoms with E-state index in [0.717, 1.165) is 18.2 Å². The van der Waals surface area contributed by atoms with Crippen molar-refractivity contribution in [3.05, 3.63) is 46.5 Å². The van der Waals surface area contributed by atoms with Gasteiger partial charge >= 0.3 is 15.2 Å². The second kappa shape index (κ2) is 5.59. The van der Waals surface area contributed by atoms with E-state index in [1.807, 2.05) is 0 Å². The summed E-state index contributed by atoms with van der Waals surface area (Å²) in [4.78, 5) is 62.9. The molecule has 6 N–H and O–H groups in total. The topological polar surface area (TPSA) is 190 Å². The van der Waals surface area contributed by atoms with Crippen LogP contribution in [0.1, 0.15) is 31.8 Å². The minimum Gasteiger partial charge on any atom is -0.508 e. The zero-order valence-corrected chi connectivity index (χ0v) is 14.3. The van der Waals surface area contributed by atoms with Crippen molar-refractivity contribution in [2.45, 2.75) is 0 Å². The van der Waals surface area contributed by atoms with E-state index in [1.54, 1.807) is 0 Å². The van der Waals surface area contributed by atoms with Gasteiger partial charge in [0, 0.05) is 16.7 Å². The van der Waals surface area contributed by atoms with E-state index in [-0.39, 0.29) is 16.9 Å². The predicted molar refractivity (Wildman–Crippen MR) is 86.4 cm³/mol. The zero-order chi connectivity index (χ0) is 19.6. The molecule has 0 radical (unpaired) electrons. The molecule has 2 aromatic carbocycles. The molecule has 1 aliphatic rings. The van der Waals surface area contributed by atoms with E-state index >= 15 is 0 Å². The molecule has 0 bridgehead atoms. The Hall–Kier alpha value is -2.32. The Balaban J connectivity index is 2.50. The molecule has 0 heterocycles. The lowest BCUT2D eigenvalue weighted by molar-refractivity contribution is 0.0979. The number of ketones is 2. The number of hydrogen-bond donors (Lipinski definition) is 6. The van der Waals surface area contributed by atoms with Crippen LogP contribution in [0.3, 0.4) is 0 Å². The molecule has 0 saturated heterocycles. The van der Waals surface area contributed by atoms with Gasteiger partial charge in [-0.2, -0.15) is 0 Å². The van der Waals surface area contributed by atoms with Crippen molar-refractivity contribution in [2.75, 3.05) is 0 Å². The summed E-state index contributed by atoms with van der Waals surface area (Å²) >= 11 is 0. The minimum atomic E-state index is -5.41. The first-order chi connectivity index (χ1) is 11.8.